The molecule has 0 saturated carbocycles. The minimum absolute atomic E-state index is 0.157. The van der Waals surface area contributed by atoms with Gasteiger partial charge in [0.1, 0.15) is 5.41 Å². The number of halogens is 3. The number of aromatic nitrogens is 4. The average Bonchev–Trinajstić information content (AvgIpc) is 3.47. The van der Waals surface area contributed by atoms with E-state index in [2.05, 4.69) is 10.1 Å². The van der Waals surface area contributed by atoms with E-state index in [1.54, 1.807) is 13.0 Å². The summed E-state index contributed by atoms with van der Waals surface area (Å²) in [7, 11) is 0. The van der Waals surface area contributed by atoms with Crippen LogP contribution in [0.25, 0.3) is 16.8 Å². The summed E-state index contributed by atoms with van der Waals surface area (Å²) in [5, 5.41) is 24.4. The second kappa shape index (κ2) is 9.25. The number of nitrogens with zero attached hydrogens (tertiary/aromatic N) is 4. The molecule has 0 saturated heterocycles. The molecule has 0 amide bonds. The van der Waals surface area contributed by atoms with E-state index >= 15 is 0 Å². The number of carbonyl (C=O) groups is 1. The molecule has 8 nitrogen and oxygen atoms in total. The molecule has 2 N–H and O–H groups in total. The van der Waals surface area contributed by atoms with Crippen LogP contribution in [-0.2, 0) is 22.8 Å². The number of hydrogen-bond acceptors (Lipinski definition) is 6. The van der Waals surface area contributed by atoms with Crippen LogP contribution in [0.15, 0.2) is 85.2 Å². The van der Waals surface area contributed by atoms with Crippen molar-refractivity contribution in [1.29, 1.82) is 0 Å². The third-order valence-corrected chi connectivity index (χ3v) is 6.31. The molecule has 1 unspecified atom stereocenters. The molecule has 1 atom stereocenters. The van der Waals surface area contributed by atoms with Gasteiger partial charge in [-0.05, 0) is 42.7 Å². The lowest BCUT2D eigenvalue weighted by Gasteiger charge is -2.28. The number of alkyl halides is 3. The third-order valence-electron chi connectivity index (χ3n) is 6.31. The molecule has 38 heavy (non-hydrogen) atoms. The van der Waals surface area contributed by atoms with Crippen molar-refractivity contribution in [2.75, 3.05) is 0 Å². The number of benzene rings is 2. The van der Waals surface area contributed by atoms with Crippen molar-refractivity contribution in [2.45, 2.75) is 24.9 Å². The smallest absolute Gasteiger partial charge is 0.416 e. The fraction of sp³-hybridized carbons (Fsp3) is 0.148. The Morgan fingerprint density at radius 3 is 2.24 bits per heavy atom. The van der Waals surface area contributed by atoms with Gasteiger partial charge in [0.2, 0.25) is 11.8 Å². The molecule has 0 aliphatic carbocycles. The first-order valence-corrected chi connectivity index (χ1v) is 11.4. The lowest BCUT2D eigenvalue weighted by atomic mass is 9.80. The molecule has 0 fully saturated rings. The van der Waals surface area contributed by atoms with E-state index in [4.69, 9.17) is 4.84 Å². The summed E-state index contributed by atoms with van der Waals surface area (Å²) in [4.78, 5) is 23.4. The second-order valence-electron chi connectivity index (χ2n) is 8.92. The van der Waals surface area contributed by atoms with Gasteiger partial charge in [0, 0.05) is 23.9 Å². The van der Waals surface area contributed by atoms with Crippen molar-refractivity contribution < 1.29 is 33.0 Å². The van der Waals surface area contributed by atoms with E-state index in [9.17, 15) is 28.2 Å². The highest BCUT2D eigenvalue weighted by atomic mass is 19.4. The Labute approximate surface area is 214 Å². The Bertz CT molecular complexity index is 1590. The van der Waals surface area contributed by atoms with Crippen LogP contribution in [0, 0.1) is 0 Å². The summed E-state index contributed by atoms with van der Waals surface area (Å²) in [5.74, 6) is -1.75. The van der Waals surface area contributed by atoms with Crippen LogP contribution in [-0.4, -0.2) is 35.5 Å². The minimum atomic E-state index is -4.47. The lowest BCUT2D eigenvalue weighted by molar-refractivity contribution is -0.152. The van der Waals surface area contributed by atoms with Crippen molar-refractivity contribution in [3.63, 3.8) is 0 Å². The van der Waals surface area contributed by atoms with E-state index in [1.807, 2.05) is 30.3 Å². The maximum atomic E-state index is 13.7. The van der Waals surface area contributed by atoms with Crippen LogP contribution in [0.2, 0.25) is 0 Å². The van der Waals surface area contributed by atoms with Crippen molar-refractivity contribution >= 4 is 11.6 Å². The van der Waals surface area contributed by atoms with Crippen molar-refractivity contribution in [2.24, 2.45) is 0 Å². The van der Waals surface area contributed by atoms with Gasteiger partial charge in [-0.3, -0.25) is 0 Å². The Morgan fingerprint density at radius 2 is 1.61 bits per heavy atom. The average molecular weight is 522 g/mol. The van der Waals surface area contributed by atoms with Crippen molar-refractivity contribution in [3.8, 4) is 22.9 Å². The molecule has 11 heteroatoms. The van der Waals surface area contributed by atoms with Crippen LogP contribution in [0.4, 0.5) is 13.2 Å². The van der Waals surface area contributed by atoms with Crippen LogP contribution < -0.4 is 4.84 Å². The third kappa shape index (κ3) is 4.42. The van der Waals surface area contributed by atoms with E-state index in [0.717, 1.165) is 17.7 Å². The fourth-order valence-corrected chi connectivity index (χ4v) is 4.30. The van der Waals surface area contributed by atoms with Gasteiger partial charge in [-0.25, -0.2) is 14.3 Å². The maximum Gasteiger partial charge on any atom is 0.416 e. The fourth-order valence-electron chi connectivity index (χ4n) is 4.30. The molecule has 2 aromatic carbocycles. The SMILES string of the molecule is CC(Cc1ccccc1)(C(=O)On1c(O)ccc1O)c1ccnc2c(-c3ccc(C(F)(F)F)cc3)cnn12. The zero-order valence-corrected chi connectivity index (χ0v) is 19.9. The predicted octanol–water partition coefficient (Wildman–Crippen LogP) is 4.78. The molecule has 0 bridgehead atoms. The van der Waals surface area contributed by atoms with Crippen LogP contribution in [0.1, 0.15) is 23.7 Å². The van der Waals surface area contributed by atoms with Crippen LogP contribution in [0.5, 0.6) is 11.8 Å². The standard InChI is InChI=1S/C27H21F3N4O4/c1-26(15-17-5-3-2-4-6-17,25(37)38-34-22(35)11-12-23(34)36)21-13-14-31-24-20(16-32-33(21)24)18-7-9-19(10-8-18)27(28,29)30/h2-14,16,35-36H,15H2,1H3. The minimum Gasteiger partial charge on any atom is -0.492 e. The van der Waals surface area contributed by atoms with E-state index in [-0.39, 0.29) is 6.42 Å². The molecule has 194 valence electrons. The molecule has 0 aliphatic rings. The number of carbonyl (C=O) groups excluding carboxylic acids is 1. The van der Waals surface area contributed by atoms with Gasteiger partial charge in [-0.2, -0.15) is 18.3 Å². The Balaban J connectivity index is 1.61. The summed E-state index contributed by atoms with van der Waals surface area (Å²) < 4.78 is 41.1. The first kappa shape index (κ1) is 24.9. The van der Waals surface area contributed by atoms with Crippen LogP contribution >= 0.6 is 0 Å². The van der Waals surface area contributed by atoms with Crippen molar-refractivity contribution in [3.05, 3.63) is 102 Å². The monoisotopic (exact) mass is 522 g/mol. The lowest BCUT2D eigenvalue weighted by Crippen LogP contribution is -2.42. The Morgan fingerprint density at radius 1 is 0.947 bits per heavy atom. The van der Waals surface area contributed by atoms with Gasteiger partial charge >= 0.3 is 12.1 Å². The Hall–Kier alpha value is -4.80. The summed E-state index contributed by atoms with van der Waals surface area (Å²) in [6.07, 6.45) is -1.37. The van der Waals surface area contributed by atoms with E-state index in [0.29, 0.717) is 27.2 Å². The zero-order chi connectivity index (χ0) is 27.1. The molecule has 0 spiro atoms. The number of fused-ring (bicyclic) bond motifs is 1. The van der Waals surface area contributed by atoms with Crippen molar-refractivity contribution in [1.82, 2.24) is 19.3 Å². The molecule has 5 rings (SSSR count). The van der Waals surface area contributed by atoms with Gasteiger partial charge in [-0.1, -0.05) is 42.5 Å². The molecular weight excluding hydrogens is 501 g/mol. The van der Waals surface area contributed by atoms with Gasteiger partial charge < -0.3 is 15.1 Å². The highest BCUT2D eigenvalue weighted by Crippen LogP contribution is 2.34. The maximum absolute atomic E-state index is 13.7. The molecule has 3 heterocycles. The molecule has 0 aliphatic heterocycles. The van der Waals surface area contributed by atoms with Gasteiger partial charge in [-0.15, -0.1) is 4.73 Å². The molecule has 5 aromatic rings. The normalized spacial score (nSPS) is 13.4. The van der Waals surface area contributed by atoms with Gasteiger partial charge in [0.05, 0.1) is 17.5 Å². The first-order valence-electron chi connectivity index (χ1n) is 11.4. The van der Waals surface area contributed by atoms with E-state index in [1.165, 1.54) is 41.2 Å². The van der Waals surface area contributed by atoms with Gasteiger partial charge in [0.25, 0.3) is 0 Å². The van der Waals surface area contributed by atoms with Gasteiger partial charge in [0.15, 0.2) is 5.65 Å². The Kier molecular flexibility index (Phi) is 6.06. The van der Waals surface area contributed by atoms with Crippen LogP contribution in [0.3, 0.4) is 0 Å². The largest absolute Gasteiger partial charge is 0.492 e. The molecule has 3 aromatic heterocycles. The highest BCUT2D eigenvalue weighted by Gasteiger charge is 2.41. The molecular formula is C27H21F3N4O4. The quantitative estimate of drug-likeness (QED) is 0.333. The number of rotatable bonds is 6. The zero-order valence-electron chi connectivity index (χ0n) is 19.9. The summed E-state index contributed by atoms with van der Waals surface area (Å²) in [6.45, 7) is 1.63. The highest BCUT2D eigenvalue weighted by molar-refractivity contribution is 5.84. The summed E-state index contributed by atoms with van der Waals surface area (Å²) in [5.41, 5.74) is 0.245. The number of hydrogen-bond donors (Lipinski definition) is 2. The first-order chi connectivity index (χ1) is 18.1. The van der Waals surface area contributed by atoms with E-state index < -0.39 is 34.9 Å². The molecule has 0 radical (unpaired) electrons. The second-order valence-corrected chi connectivity index (χ2v) is 8.92. The predicted molar refractivity (Wildman–Crippen MR) is 130 cm³/mol. The summed E-state index contributed by atoms with van der Waals surface area (Å²) in [6, 6.07) is 17.7. The topological polar surface area (TPSA) is 102 Å². The summed E-state index contributed by atoms with van der Waals surface area (Å²) >= 11 is 0. The number of aromatic hydroxyl groups is 2.